The Kier molecular flexibility index (Phi) is 5.43. The van der Waals surface area contributed by atoms with Crippen molar-refractivity contribution in [3.8, 4) is 0 Å². The molecule has 0 aromatic carbocycles. The van der Waals surface area contributed by atoms with Crippen LogP contribution in [0.4, 0.5) is 13.2 Å². The fourth-order valence-corrected chi connectivity index (χ4v) is 2.36. The number of alkyl halides is 3. The molecule has 0 saturated carbocycles. The summed E-state index contributed by atoms with van der Waals surface area (Å²) >= 11 is 0. The highest BCUT2D eigenvalue weighted by Crippen LogP contribution is 2.31. The van der Waals surface area contributed by atoms with E-state index in [1.54, 1.807) is 12.0 Å². The minimum atomic E-state index is -4.59. The molecular weight excluding hydrogens is 247 g/mol. The van der Waals surface area contributed by atoms with E-state index in [4.69, 9.17) is 4.74 Å². The van der Waals surface area contributed by atoms with Gasteiger partial charge in [0.2, 0.25) is 0 Å². The van der Waals surface area contributed by atoms with Gasteiger partial charge in [-0.25, -0.2) is 0 Å². The highest BCUT2D eigenvalue weighted by atomic mass is 19.4. The van der Waals surface area contributed by atoms with Crippen LogP contribution in [-0.4, -0.2) is 55.1 Å². The zero-order chi connectivity index (χ0) is 13.8. The molecule has 1 saturated heterocycles. The SMILES string of the molecule is COC[C@H]1CCCCN(C[C@@](C)(O)C(F)(F)F)C1. The number of ether oxygens (including phenoxy) is 1. The Morgan fingerprint density at radius 2 is 2.00 bits per heavy atom. The zero-order valence-corrected chi connectivity index (χ0v) is 11.0. The molecule has 2 atom stereocenters. The zero-order valence-electron chi connectivity index (χ0n) is 11.0. The Bertz CT molecular complexity index is 256. The van der Waals surface area contributed by atoms with Crippen molar-refractivity contribution < 1.29 is 23.0 Å². The van der Waals surface area contributed by atoms with Crippen LogP contribution in [0.3, 0.4) is 0 Å². The van der Waals surface area contributed by atoms with Gasteiger partial charge < -0.3 is 9.84 Å². The van der Waals surface area contributed by atoms with Crippen LogP contribution < -0.4 is 0 Å². The molecule has 0 spiro atoms. The third-order valence-electron chi connectivity index (χ3n) is 3.40. The monoisotopic (exact) mass is 269 g/mol. The van der Waals surface area contributed by atoms with Crippen molar-refractivity contribution >= 4 is 0 Å². The summed E-state index contributed by atoms with van der Waals surface area (Å²) in [7, 11) is 1.60. The van der Waals surface area contributed by atoms with Gasteiger partial charge in [-0.05, 0) is 32.2 Å². The van der Waals surface area contributed by atoms with Crippen molar-refractivity contribution in [3.05, 3.63) is 0 Å². The van der Waals surface area contributed by atoms with Crippen LogP contribution in [0.25, 0.3) is 0 Å². The molecule has 0 amide bonds. The predicted molar refractivity (Wildman–Crippen MR) is 62.3 cm³/mol. The summed E-state index contributed by atoms with van der Waals surface area (Å²) in [5.74, 6) is 0.251. The number of methoxy groups -OCH3 is 1. The van der Waals surface area contributed by atoms with Gasteiger partial charge in [0.25, 0.3) is 0 Å². The van der Waals surface area contributed by atoms with E-state index in [0.29, 0.717) is 19.7 Å². The molecule has 1 fully saturated rings. The Labute approximate surface area is 106 Å². The molecule has 1 aliphatic heterocycles. The van der Waals surface area contributed by atoms with Crippen LogP contribution in [0.1, 0.15) is 26.2 Å². The van der Waals surface area contributed by atoms with Crippen molar-refractivity contribution in [2.45, 2.75) is 38.0 Å². The molecule has 1 heterocycles. The van der Waals surface area contributed by atoms with Gasteiger partial charge in [-0.1, -0.05) is 6.42 Å². The van der Waals surface area contributed by atoms with Crippen molar-refractivity contribution in [2.24, 2.45) is 5.92 Å². The first-order chi connectivity index (χ1) is 8.26. The lowest BCUT2D eigenvalue weighted by atomic mass is 10.0. The molecule has 0 aromatic rings. The van der Waals surface area contributed by atoms with Gasteiger partial charge in [0.15, 0.2) is 5.60 Å². The maximum absolute atomic E-state index is 12.6. The van der Waals surface area contributed by atoms with E-state index in [1.807, 2.05) is 0 Å². The van der Waals surface area contributed by atoms with E-state index in [2.05, 4.69) is 0 Å². The lowest BCUT2D eigenvalue weighted by Crippen LogP contribution is -2.52. The highest BCUT2D eigenvalue weighted by Gasteiger charge is 2.50. The quantitative estimate of drug-likeness (QED) is 0.848. The first-order valence-corrected chi connectivity index (χ1v) is 6.26. The Morgan fingerprint density at radius 1 is 1.33 bits per heavy atom. The summed E-state index contributed by atoms with van der Waals surface area (Å²) in [5.41, 5.74) is -2.64. The molecular formula is C12H22F3NO2. The molecule has 18 heavy (non-hydrogen) atoms. The second-order valence-electron chi connectivity index (χ2n) is 5.32. The number of rotatable bonds is 4. The van der Waals surface area contributed by atoms with Crippen LogP contribution in [0, 0.1) is 5.92 Å². The van der Waals surface area contributed by atoms with Gasteiger partial charge >= 0.3 is 6.18 Å². The Balaban J connectivity index is 2.59. The number of aliphatic hydroxyl groups is 1. The number of halogens is 3. The summed E-state index contributed by atoms with van der Waals surface area (Å²) in [6.07, 6.45) is -1.75. The van der Waals surface area contributed by atoms with Gasteiger partial charge in [0.05, 0.1) is 6.61 Å². The third kappa shape index (κ3) is 4.40. The molecule has 0 unspecified atom stereocenters. The molecule has 1 rings (SSSR count). The molecule has 1 aliphatic rings. The van der Waals surface area contributed by atoms with E-state index in [9.17, 15) is 18.3 Å². The Morgan fingerprint density at radius 3 is 2.56 bits per heavy atom. The first kappa shape index (κ1) is 15.7. The molecule has 0 aromatic heterocycles. The fourth-order valence-electron chi connectivity index (χ4n) is 2.36. The van der Waals surface area contributed by atoms with Crippen molar-refractivity contribution in [3.63, 3.8) is 0 Å². The summed E-state index contributed by atoms with van der Waals surface area (Å²) in [4.78, 5) is 1.70. The predicted octanol–water partition coefficient (Wildman–Crippen LogP) is 2.05. The topological polar surface area (TPSA) is 32.7 Å². The maximum atomic E-state index is 12.6. The van der Waals surface area contributed by atoms with Crippen molar-refractivity contribution in [1.29, 1.82) is 0 Å². The number of β-amino-alcohol motifs (C(OH)–C–C–N with tert-alkyl or cyclic N) is 1. The Hall–Kier alpha value is -0.330. The van der Waals surface area contributed by atoms with Gasteiger partial charge in [-0.3, -0.25) is 4.90 Å². The molecule has 108 valence electrons. The minimum absolute atomic E-state index is 0.251. The van der Waals surface area contributed by atoms with Gasteiger partial charge in [-0.15, -0.1) is 0 Å². The largest absolute Gasteiger partial charge is 0.418 e. The van der Waals surface area contributed by atoms with Crippen LogP contribution in [0.5, 0.6) is 0 Å². The number of nitrogens with zero attached hydrogens (tertiary/aromatic N) is 1. The molecule has 3 nitrogen and oxygen atoms in total. The van der Waals surface area contributed by atoms with Crippen LogP contribution in [0.2, 0.25) is 0 Å². The fraction of sp³-hybridized carbons (Fsp3) is 1.00. The van der Waals surface area contributed by atoms with E-state index in [-0.39, 0.29) is 12.5 Å². The van der Waals surface area contributed by atoms with Crippen molar-refractivity contribution in [1.82, 2.24) is 4.90 Å². The summed E-state index contributed by atoms with van der Waals surface area (Å²) in [5, 5.41) is 9.51. The molecule has 0 radical (unpaired) electrons. The van der Waals surface area contributed by atoms with Crippen LogP contribution in [-0.2, 0) is 4.74 Å². The highest BCUT2D eigenvalue weighted by molar-refractivity contribution is 4.86. The summed E-state index contributed by atoms with van der Waals surface area (Å²) < 4.78 is 43.0. The minimum Gasteiger partial charge on any atom is -0.384 e. The lowest BCUT2D eigenvalue weighted by molar-refractivity contribution is -0.257. The standard InChI is InChI=1S/C12H22F3NO2/c1-11(17,12(13,14)15)9-16-6-4-3-5-10(7-16)8-18-2/h10,17H,3-9H2,1-2H3/t10-,11+/m0/s1. The molecule has 6 heteroatoms. The molecule has 0 aliphatic carbocycles. The lowest BCUT2D eigenvalue weighted by Gasteiger charge is -2.33. The number of likely N-dealkylation sites (tertiary alicyclic amines) is 1. The second-order valence-corrected chi connectivity index (χ2v) is 5.32. The van der Waals surface area contributed by atoms with Crippen LogP contribution >= 0.6 is 0 Å². The van der Waals surface area contributed by atoms with E-state index < -0.39 is 11.8 Å². The van der Waals surface area contributed by atoms with Gasteiger partial charge in [-0.2, -0.15) is 13.2 Å². The van der Waals surface area contributed by atoms with E-state index >= 15 is 0 Å². The van der Waals surface area contributed by atoms with E-state index in [0.717, 1.165) is 26.2 Å². The third-order valence-corrected chi connectivity index (χ3v) is 3.40. The summed E-state index contributed by atoms with van der Waals surface area (Å²) in [6, 6.07) is 0. The molecule has 1 N–H and O–H groups in total. The smallest absolute Gasteiger partial charge is 0.384 e. The van der Waals surface area contributed by atoms with Gasteiger partial charge in [0.1, 0.15) is 0 Å². The summed E-state index contributed by atoms with van der Waals surface area (Å²) in [6.45, 7) is 2.19. The number of hydrogen-bond donors (Lipinski definition) is 1. The maximum Gasteiger partial charge on any atom is 0.418 e. The second kappa shape index (κ2) is 6.21. The number of hydrogen-bond acceptors (Lipinski definition) is 3. The van der Waals surface area contributed by atoms with Gasteiger partial charge in [0, 0.05) is 20.2 Å². The van der Waals surface area contributed by atoms with E-state index in [1.165, 1.54) is 0 Å². The normalized spacial score (nSPS) is 26.7. The average Bonchev–Trinajstić information content (AvgIpc) is 2.41. The first-order valence-electron chi connectivity index (χ1n) is 6.26. The average molecular weight is 269 g/mol. The van der Waals surface area contributed by atoms with Crippen LogP contribution in [0.15, 0.2) is 0 Å². The van der Waals surface area contributed by atoms with Crippen molar-refractivity contribution in [2.75, 3.05) is 33.4 Å². The molecule has 0 bridgehead atoms.